The van der Waals surface area contributed by atoms with Gasteiger partial charge in [0.2, 0.25) is 5.89 Å². The van der Waals surface area contributed by atoms with Crippen molar-refractivity contribution in [1.82, 2.24) is 30.9 Å². The quantitative estimate of drug-likeness (QED) is 0.493. The van der Waals surface area contributed by atoms with Crippen LogP contribution in [-0.4, -0.2) is 32.7 Å². The zero-order valence-electron chi connectivity index (χ0n) is 17.9. The molecule has 0 unspecified atom stereocenters. The number of aromatic nitrogens is 3. The summed E-state index contributed by atoms with van der Waals surface area (Å²) in [6.45, 7) is 7.44. The molecule has 3 N–H and O–H groups in total. The zero-order chi connectivity index (χ0) is 23.0. The molecule has 2 atom stereocenters. The first-order chi connectivity index (χ1) is 15.2. The van der Waals surface area contributed by atoms with Gasteiger partial charge in [0.05, 0.1) is 12.6 Å². The summed E-state index contributed by atoms with van der Waals surface area (Å²) in [5.74, 6) is -0.587. The molecule has 10 nitrogen and oxygen atoms in total. The summed E-state index contributed by atoms with van der Waals surface area (Å²) in [6, 6.07) is -0.986. The molecule has 4 rings (SSSR count). The molecule has 0 fully saturated rings. The third-order valence-corrected chi connectivity index (χ3v) is 6.68. The predicted octanol–water partition coefficient (Wildman–Crippen LogP) is 2.76. The van der Waals surface area contributed by atoms with Crippen molar-refractivity contribution in [3.63, 3.8) is 0 Å². The number of thiazole rings is 2. The minimum absolute atomic E-state index is 0.0187. The molecule has 12 heteroatoms. The van der Waals surface area contributed by atoms with E-state index in [4.69, 9.17) is 4.42 Å². The molecule has 0 aromatic carbocycles. The zero-order valence-corrected chi connectivity index (χ0v) is 19.5. The Morgan fingerprint density at radius 1 is 1.00 bits per heavy atom. The Bertz CT molecular complexity index is 1180. The number of nitrogens with zero attached hydrogens (tertiary/aromatic N) is 3. The van der Waals surface area contributed by atoms with E-state index in [-0.39, 0.29) is 41.3 Å². The summed E-state index contributed by atoms with van der Waals surface area (Å²) in [5, 5.41) is 13.0. The molecule has 3 aromatic rings. The van der Waals surface area contributed by atoms with Crippen LogP contribution in [0, 0.1) is 12.8 Å². The molecule has 168 valence electrons. The fraction of sp³-hybridized carbons (Fsp3) is 0.400. The molecule has 0 spiro atoms. The number of oxazole rings is 1. The number of hydrogen-bond donors (Lipinski definition) is 3. The highest BCUT2D eigenvalue weighted by Crippen LogP contribution is 2.26. The summed E-state index contributed by atoms with van der Waals surface area (Å²) in [5.41, 5.74) is 0.622. The lowest BCUT2D eigenvalue weighted by atomic mass is 10.0. The predicted molar refractivity (Wildman–Crippen MR) is 118 cm³/mol. The van der Waals surface area contributed by atoms with Gasteiger partial charge >= 0.3 is 0 Å². The average molecular weight is 475 g/mol. The maximum Gasteiger partial charge on any atom is 0.274 e. The Hall–Kier alpha value is -3.12. The summed E-state index contributed by atoms with van der Waals surface area (Å²) in [6.07, 6.45) is 0. The van der Waals surface area contributed by atoms with E-state index in [1.54, 1.807) is 24.6 Å². The van der Waals surface area contributed by atoms with Gasteiger partial charge in [0, 0.05) is 10.8 Å². The second-order valence-corrected chi connectivity index (χ2v) is 9.56. The highest BCUT2D eigenvalue weighted by atomic mass is 32.1. The summed E-state index contributed by atoms with van der Waals surface area (Å²) in [7, 11) is 0. The minimum Gasteiger partial charge on any atom is -0.443 e. The van der Waals surface area contributed by atoms with E-state index in [2.05, 4.69) is 30.9 Å². The molecule has 0 saturated carbocycles. The largest absolute Gasteiger partial charge is 0.443 e. The second-order valence-electron chi connectivity index (χ2n) is 7.73. The van der Waals surface area contributed by atoms with E-state index in [0.717, 1.165) is 0 Å². The lowest BCUT2D eigenvalue weighted by Crippen LogP contribution is -2.33. The molecular weight excluding hydrogens is 452 g/mol. The Kier molecular flexibility index (Phi) is 6.07. The molecule has 32 heavy (non-hydrogen) atoms. The van der Waals surface area contributed by atoms with Crippen LogP contribution in [0.1, 0.15) is 86.0 Å². The van der Waals surface area contributed by atoms with Gasteiger partial charge in [0.15, 0.2) is 5.69 Å². The van der Waals surface area contributed by atoms with Gasteiger partial charge in [-0.2, -0.15) is 0 Å². The van der Waals surface area contributed by atoms with Gasteiger partial charge in [-0.3, -0.25) is 14.4 Å². The standard InChI is InChI=1S/C20H22N6O4S2/c1-8(2)14-20-24-11(7-32-20)16(27)21-5-13-23-12(6-31-13)17(28)22-9(3)19-26-15(10(4)30-19)18(29)25-14/h6-9,14H,5H2,1-4H3,(H,21,27)(H,22,28)(H,25,29)/t9-,14+/m0/s1. The number of amides is 3. The van der Waals surface area contributed by atoms with Crippen molar-refractivity contribution in [2.45, 2.75) is 46.3 Å². The summed E-state index contributed by atoms with van der Waals surface area (Å²) >= 11 is 2.57. The van der Waals surface area contributed by atoms with Crippen LogP contribution in [0.15, 0.2) is 15.2 Å². The second kappa shape index (κ2) is 8.79. The van der Waals surface area contributed by atoms with Gasteiger partial charge in [0.25, 0.3) is 17.7 Å². The van der Waals surface area contributed by atoms with Crippen LogP contribution >= 0.6 is 22.7 Å². The first-order valence-corrected chi connectivity index (χ1v) is 11.8. The molecule has 0 aliphatic carbocycles. The average Bonchev–Trinajstić information content (AvgIpc) is 3.48. The number of nitrogens with one attached hydrogen (secondary N) is 3. The highest BCUT2D eigenvalue weighted by Gasteiger charge is 2.28. The number of rotatable bonds is 1. The molecule has 3 aromatic heterocycles. The normalized spacial score (nSPS) is 19.7. The van der Waals surface area contributed by atoms with Crippen LogP contribution in [0.25, 0.3) is 0 Å². The van der Waals surface area contributed by atoms with E-state index < -0.39 is 23.9 Å². The lowest BCUT2D eigenvalue weighted by molar-refractivity contribution is 0.0916. The Morgan fingerprint density at radius 3 is 2.47 bits per heavy atom. The first kappa shape index (κ1) is 22.1. The fourth-order valence-corrected chi connectivity index (χ4v) is 4.88. The Labute approximate surface area is 191 Å². The first-order valence-electron chi connectivity index (χ1n) is 10.00. The van der Waals surface area contributed by atoms with E-state index in [0.29, 0.717) is 15.8 Å². The van der Waals surface area contributed by atoms with Gasteiger partial charge in [-0.15, -0.1) is 22.7 Å². The Morgan fingerprint density at radius 2 is 1.72 bits per heavy atom. The van der Waals surface area contributed by atoms with Gasteiger partial charge in [-0.25, -0.2) is 15.0 Å². The van der Waals surface area contributed by atoms with Gasteiger partial charge in [0.1, 0.15) is 33.2 Å². The summed E-state index contributed by atoms with van der Waals surface area (Å²) in [4.78, 5) is 51.1. The van der Waals surface area contributed by atoms with E-state index in [9.17, 15) is 14.4 Å². The maximum atomic E-state index is 13.0. The van der Waals surface area contributed by atoms with Crippen LogP contribution in [0.2, 0.25) is 0 Å². The molecule has 4 heterocycles. The summed E-state index contributed by atoms with van der Waals surface area (Å²) < 4.78 is 5.66. The fourth-order valence-electron chi connectivity index (χ4n) is 3.15. The molecule has 1 aliphatic rings. The molecule has 3 amide bonds. The molecule has 0 radical (unpaired) electrons. The topological polar surface area (TPSA) is 139 Å². The van der Waals surface area contributed by atoms with E-state index in [1.807, 2.05) is 13.8 Å². The number of fused-ring (bicyclic) bond motifs is 6. The number of carbonyl (C=O) groups is 3. The van der Waals surface area contributed by atoms with Crippen molar-refractivity contribution in [2.75, 3.05) is 0 Å². The van der Waals surface area contributed by atoms with Crippen molar-refractivity contribution in [3.05, 3.63) is 49.5 Å². The number of carbonyl (C=O) groups excluding carboxylic acids is 3. The smallest absolute Gasteiger partial charge is 0.274 e. The minimum atomic E-state index is -0.575. The van der Waals surface area contributed by atoms with Crippen molar-refractivity contribution >= 4 is 40.4 Å². The molecule has 6 bridgehead atoms. The monoisotopic (exact) mass is 474 g/mol. The lowest BCUT2D eigenvalue weighted by Gasteiger charge is -2.19. The van der Waals surface area contributed by atoms with Gasteiger partial charge < -0.3 is 20.4 Å². The third-order valence-electron chi connectivity index (χ3n) is 4.90. The van der Waals surface area contributed by atoms with E-state index >= 15 is 0 Å². The van der Waals surface area contributed by atoms with Crippen molar-refractivity contribution in [2.24, 2.45) is 5.92 Å². The number of hydrogen-bond acceptors (Lipinski definition) is 9. The van der Waals surface area contributed by atoms with Crippen molar-refractivity contribution in [1.29, 1.82) is 0 Å². The van der Waals surface area contributed by atoms with Crippen LogP contribution in [0.4, 0.5) is 0 Å². The maximum absolute atomic E-state index is 13.0. The van der Waals surface area contributed by atoms with Crippen LogP contribution in [0.3, 0.4) is 0 Å². The Balaban J connectivity index is 1.72. The molecule has 1 aliphatic heterocycles. The van der Waals surface area contributed by atoms with Gasteiger partial charge in [-0.1, -0.05) is 13.8 Å². The van der Waals surface area contributed by atoms with Crippen LogP contribution in [-0.2, 0) is 6.54 Å². The highest BCUT2D eigenvalue weighted by molar-refractivity contribution is 7.10. The van der Waals surface area contributed by atoms with E-state index in [1.165, 1.54) is 22.7 Å². The van der Waals surface area contributed by atoms with Gasteiger partial charge in [-0.05, 0) is 19.8 Å². The SMILES string of the molecule is Cc1oc2nc1C(=O)N[C@H](C(C)C)c1nc(cs1)C(=O)NCc1nc(cs1)C(=O)N[C@H]2C. The van der Waals surface area contributed by atoms with Crippen molar-refractivity contribution < 1.29 is 18.8 Å². The van der Waals surface area contributed by atoms with Crippen LogP contribution in [0.5, 0.6) is 0 Å². The molecular formula is C20H22N6O4S2. The van der Waals surface area contributed by atoms with Crippen molar-refractivity contribution in [3.8, 4) is 0 Å². The third kappa shape index (κ3) is 4.41. The number of aryl methyl sites for hydroxylation is 1. The van der Waals surface area contributed by atoms with Crippen LogP contribution < -0.4 is 16.0 Å². The molecule has 0 saturated heterocycles.